The van der Waals surface area contributed by atoms with Gasteiger partial charge in [0.1, 0.15) is 0 Å². The van der Waals surface area contributed by atoms with Crippen LogP contribution in [0.1, 0.15) is 58.3 Å². The van der Waals surface area contributed by atoms with Gasteiger partial charge in [0.25, 0.3) is 0 Å². The normalized spacial score (nSPS) is 29.1. The first-order valence-corrected chi connectivity index (χ1v) is 7.31. The number of hydrogen-bond donors (Lipinski definition) is 3. The van der Waals surface area contributed by atoms with Gasteiger partial charge in [0, 0.05) is 6.04 Å². The molecule has 2 saturated carbocycles. The second kappa shape index (κ2) is 5.80. The van der Waals surface area contributed by atoms with Crippen molar-refractivity contribution in [3.05, 3.63) is 0 Å². The molecule has 0 aromatic carbocycles. The number of hydrogen-bond acceptors (Lipinski definition) is 2. The smallest absolute Gasteiger partial charge is 0.315 e. The molecule has 3 N–H and O–H groups in total. The van der Waals surface area contributed by atoms with Crippen LogP contribution < -0.4 is 10.6 Å². The van der Waals surface area contributed by atoms with Gasteiger partial charge in [0.05, 0.1) is 12.0 Å². The fraction of sp³-hybridized carbons (Fsp3) is 0.857. The Morgan fingerprint density at radius 1 is 1.21 bits per heavy atom. The minimum atomic E-state index is -0.842. The summed E-state index contributed by atoms with van der Waals surface area (Å²) in [5, 5.41) is 14.8. The van der Waals surface area contributed by atoms with E-state index >= 15 is 0 Å². The van der Waals surface area contributed by atoms with Crippen molar-refractivity contribution >= 4 is 12.0 Å². The fourth-order valence-electron chi connectivity index (χ4n) is 3.22. The van der Waals surface area contributed by atoms with Crippen molar-refractivity contribution in [3.63, 3.8) is 0 Å². The molecular weight excluding hydrogens is 244 g/mol. The molecule has 0 heterocycles. The highest BCUT2D eigenvalue weighted by Crippen LogP contribution is 2.35. The molecule has 2 unspecified atom stereocenters. The third-order valence-electron chi connectivity index (χ3n) is 4.61. The minimum absolute atomic E-state index is 0.0284. The number of aliphatic carboxylic acids is 1. The van der Waals surface area contributed by atoms with Crippen molar-refractivity contribution in [3.8, 4) is 0 Å². The van der Waals surface area contributed by atoms with Gasteiger partial charge in [-0.3, -0.25) is 4.79 Å². The first-order chi connectivity index (χ1) is 9.01. The first-order valence-electron chi connectivity index (χ1n) is 7.31. The van der Waals surface area contributed by atoms with E-state index in [0.29, 0.717) is 5.92 Å². The number of rotatable bonds is 4. The lowest BCUT2D eigenvalue weighted by molar-refractivity contribution is -0.139. The van der Waals surface area contributed by atoms with Crippen molar-refractivity contribution in [1.29, 1.82) is 0 Å². The highest BCUT2D eigenvalue weighted by molar-refractivity contribution is 5.77. The third-order valence-corrected chi connectivity index (χ3v) is 4.61. The summed E-state index contributed by atoms with van der Waals surface area (Å²) >= 11 is 0. The molecule has 5 heteroatoms. The van der Waals surface area contributed by atoms with Crippen molar-refractivity contribution in [2.75, 3.05) is 0 Å². The summed E-state index contributed by atoms with van der Waals surface area (Å²) in [6, 6.07) is 0.0374. The van der Waals surface area contributed by atoms with Crippen molar-refractivity contribution in [2.45, 2.75) is 69.9 Å². The van der Waals surface area contributed by atoms with Crippen LogP contribution in [0, 0.1) is 5.92 Å². The third kappa shape index (κ3) is 3.61. The molecule has 0 saturated heterocycles. The molecule has 2 fully saturated rings. The number of carbonyl (C=O) groups excluding carboxylic acids is 1. The molecule has 5 nitrogen and oxygen atoms in total. The summed E-state index contributed by atoms with van der Waals surface area (Å²) < 4.78 is 0. The van der Waals surface area contributed by atoms with Gasteiger partial charge in [-0.2, -0.15) is 0 Å². The maximum absolute atomic E-state index is 12.0. The Labute approximate surface area is 114 Å². The van der Waals surface area contributed by atoms with E-state index < -0.39 is 11.5 Å². The largest absolute Gasteiger partial charge is 0.481 e. The second-order valence-electron chi connectivity index (χ2n) is 6.17. The summed E-state index contributed by atoms with van der Waals surface area (Å²) in [5.74, 6) is -0.331. The molecule has 0 aliphatic heterocycles. The highest BCUT2D eigenvalue weighted by Gasteiger charge is 2.40. The summed E-state index contributed by atoms with van der Waals surface area (Å²) in [6.45, 7) is 2.17. The molecule has 0 aromatic heterocycles. The molecule has 2 aliphatic rings. The molecule has 108 valence electrons. The average Bonchev–Trinajstić information content (AvgIpc) is 2.28. The van der Waals surface area contributed by atoms with Crippen LogP contribution in [0.5, 0.6) is 0 Å². The standard InChI is InChI=1S/C14H24N2O3/c1-10-5-2-3-6-11(10)15-13(19)16-14(7-4-8-14)9-12(17)18/h10-11H,2-9H2,1H3,(H,17,18)(H2,15,16,19). The topological polar surface area (TPSA) is 78.4 Å². The number of nitrogens with one attached hydrogen (secondary N) is 2. The Bertz CT molecular complexity index is 353. The van der Waals surface area contributed by atoms with Crippen LogP contribution in [0.2, 0.25) is 0 Å². The van der Waals surface area contributed by atoms with Gasteiger partial charge < -0.3 is 15.7 Å². The molecular formula is C14H24N2O3. The van der Waals surface area contributed by atoms with Gasteiger partial charge >= 0.3 is 12.0 Å². The molecule has 2 rings (SSSR count). The van der Waals surface area contributed by atoms with E-state index in [1.165, 1.54) is 6.42 Å². The van der Waals surface area contributed by atoms with E-state index in [2.05, 4.69) is 17.6 Å². The van der Waals surface area contributed by atoms with Crippen molar-refractivity contribution < 1.29 is 14.7 Å². The molecule has 19 heavy (non-hydrogen) atoms. The summed E-state index contributed by atoms with van der Waals surface area (Å²) in [4.78, 5) is 22.9. The maximum atomic E-state index is 12.0. The summed E-state index contributed by atoms with van der Waals surface area (Å²) in [7, 11) is 0. The Balaban J connectivity index is 1.84. The number of urea groups is 1. The molecule has 2 atom stereocenters. The van der Waals surface area contributed by atoms with Gasteiger partial charge in [-0.1, -0.05) is 19.8 Å². The lowest BCUT2D eigenvalue weighted by Crippen LogP contribution is -2.59. The van der Waals surface area contributed by atoms with Crippen LogP contribution in [0.15, 0.2) is 0 Å². The zero-order valence-electron chi connectivity index (χ0n) is 11.6. The van der Waals surface area contributed by atoms with E-state index in [-0.39, 0.29) is 18.5 Å². The van der Waals surface area contributed by atoms with Gasteiger partial charge in [-0.05, 0) is 38.0 Å². The number of carboxylic acids is 1. The van der Waals surface area contributed by atoms with Crippen LogP contribution in [-0.4, -0.2) is 28.7 Å². The SMILES string of the molecule is CC1CCCCC1NC(=O)NC1(CC(=O)O)CCC1. The number of carboxylic acid groups (broad SMARTS) is 1. The van der Waals surface area contributed by atoms with E-state index in [9.17, 15) is 9.59 Å². The van der Waals surface area contributed by atoms with Gasteiger partial charge in [-0.15, -0.1) is 0 Å². The molecule has 0 bridgehead atoms. The summed E-state index contributed by atoms with van der Waals surface area (Å²) in [6.07, 6.45) is 7.15. The Hall–Kier alpha value is -1.26. The number of carbonyl (C=O) groups is 2. The molecule has 2 aliphatic carbocycles. The molecule has 0 aromatic rings. The van der Waals surface area contributed by atoms with Crippen molar-refractivity contribution in [2.24, 2.45) is 5.92 Å². The average molecular weight is 268 g/mol. The number of amides is 2. The van der Waals surface area contributed by atoms with Crippen LogP contribution in [0.25, 0.3) is 0 Å². The molecule has 0 radical (unpaired) electrons. The van der Waals surface area contributed by atoms with Gasteiger partial charge in [0.15, 0.2) is 0 Å². The Morgan fingerprint density at radius 2 is 1.89 bits per heavy atom. The lowest BCUT2D eigenvalue weighted by Gasteiger charge is -2.42. The van der Waals surface area contributed by atoms with Gasteiger partial charge in [-0.25, -0.2) is 4.79 Å². The van der Waals surface area contributed by atoms with Crippen LogP contribution in [0.4, 0.5) is 4.79 Å². The Kier molecular flexibility index (Phi) is 4.32. The van der Waals surface area contributed by atoms with Crippen LogP contribution in [-0.2, 0) is 4.79 Å². The minimum Gasteiger partial charge on any atom is -0.481 e. The van der Waals surface area contributed by atoms with Crippen molar-refractivity contribution in [1.82, 2.24) is 10.6 Å². The van der Waals surface area contributed by atoms with E-state index in [1.807, 2.05) is 0 Å². The predicted molar refractivity (Wildman–Crippen MR) is 71.9 cm³/mol. The van der Waals surface area contributed by atoms with E-state index in [1.54, 1.807) is 0 Å². The zero-order valence-corrected chi connectivity index (χ0v) is 11.6. The van der Waals surface area contributed by atoms with Gasteiger partial charge in [0.2, 0.25) is 0 Å². The first kappa shape index (κ1) is 14.2. The lowest BCUT2D eigenvalue weighted by atomic mass is 9.74. The highest BCUT2D eigenvalue weighted by atomic mass is 16.4. The van der Waals surface area contributed by atoms with E-state index in [0.717, 1.165) is 38.5 Å². The zero-order chi connectivity index (χ0) is 13.9. The Morgan fingerprint density at radius 3 is 2.42 bits per heavy atom. The maximum Gasteiger partial charge on any atom is 0.315 e. The van der Waals surface area contributed by atoms with E-state index in [4.69, 9.17) is 5.11 Å². The predicted octanol–water partition coefficient (Wildman–Crippen LogP) is 2.26. The summed E-state index contributed by atoms with van der Waals surface area (Å²) in [5.41, 5.74) is -0.506. The molecule has 2 amide bonds. The molecule has 0 spiro atoms. The second-order valence-corrected chi connectivity index (χ2v) is 6.17. The monoisotopic (exact) mass is 268 g/mol. The quantitative estimate of drug-likeness (QED) is 0.731. The fourth-order valence-corrected chi connectivity index (χ4v) is 3.22. The van der Waals surface area contributed by atoms with Crippen LogP contribution >= 0.6 is 0 Å². The van der Waals surface area contributed by atoms with Crippen LogP contribution in [0.3, 0.4) is 0 Å².